The van der Waals surface area contributed by atoms with Crippen molar-refractivity contribution in [2.24, 2.45) is 0 Å². The average molecular weight is 527 g/mol. The van der Waals surface area contributed by atoms with Crippen LogP contribution in [0.4, 0.5) is 18.0 Å². The maximum atomic E-state index is 13.4. The number of ether oxygens (including phenoxy) is 2. The number of hydrogen-bond acceptors (Lipinski definition) is 7. The van der Waals surface area contributed by atoms with Crippen LogP contribution in [-0.4, -0.2) is 68.1 Å². The van der Waals surface area contributed by atoms with E-state index in [9.17, 15) is 27.0 Å². The Morgan fingerprint density at radius 3 is 2.56 bits per heavy atom. The third-order valence-corrected chi connectivity index (χ3v) is 6.34. The first kappa shape index (κ1) is 27.1. The zero-order valence-electron chi connectivity index (χ0n) is 19.9. The standard InChI is InChI=1S/C23H25F3N4O5S/c1-4-29(12-20(31)34-5-2)22(32)30-18-9-7-6-8-16(18)28-21(30)36(33)13-17-15(3)19(10-11-27-17)35-14-23(24,25)26/h6-11H,4-5,12-14H2,1-3H3. The minimum Gasteiger partial charge on any atom is -0.484 e. The Morgan fingerprint density at radius 2 is 1.89 bits per heavy atom. The molecule has 3 rings (SSSR count). The zero-order chi connectivity index (χ0) is 26.5. The number of halogens is 3. The van der Waals surface area contributed by atoms with Crippen LogP contribution in [-0.2, 0) is 26.1 Å². The van der Waals surface area contributed by atoms with Crippen molar-refractivity contribution in [2.45, 2.75) is 37.9 Å². The van der Waals surface area contributed by atoms with Gasteiger partial charge in [-0.25, -0.2) is 14.3 Å². The second-order valence-corrected chi connectivity index (χ2v) is 8.94. The fraction of sp³-hybridized carbons (Fsp3) is 0.391. The van der Waals surface area contributed by atoms with Crippen molar-refractivity contribution in [3.8, 4) is 5.75 Å². The van der Waals surface area contributed by atoms with Crippen LogP contribution in [0.15, 0.2) is 41.7 Å². The van der Waals surface area contributed by atoms with Gasteiger partial charge >= 0.3 is 18.2 Å². The lowest BCUT2D eigenvalue weighted by atomic mass is 10.2. The first-order chi connectivity index (χ1) is 17.1. The van der Waals surface area contributed by atoms with Gasteiger partial charge < -0.3 is 14.4 Å². The number of aromatic nitrogens is 3. The number of alkyl halides is 3. The van der Waals surface area contributed by atoms with E-state index in [1.807, 2.05) is 0 Å². The van der Waals surface area contributed by atoms with E-state index >= 15 is 0 Å². The summed E-state index contributed by atoms with van der Waals surface area (Å²) in [4.78, 5) is 35.2. The number of carbonyl (C=O) groups is 2. The number of imidazole rings is 1. The van der Waals surface area contributed by atoms with Gasteiger partial charge in [0.2, 0.25) is 5.16 Å². The molecule has 0 aliphatic rings. The first-order valence-corrected chi connectivity index (χ1v) is 12.3. The smallest absolute Gasteiger partial charge is 0.422 e. The molecule has 0 aliphatic heterocycles. The molecule has 194 valence electrons. The molecule has 1 aromatic carbocycles. The molecule has 0 saturated heterocycles. The van der Waals surface area contributed by atoms with Gasteiger partial charge in [-0.2, -0.15) is 13.2 Å². The Balaban J connectivity index is 1.95. The summed E-state index contributed by atoms with van der Waals surface area (Å²) in [6.07, 6.45) is -3.25. The molecule has 0 fully saturated rings. The number of fused-ring (bicyclic) bond motifs is 1. The Bertz CT molecular complexity index is 1280. The van der Waals surface area contributed by atoms with Gasteiger partial charge in [0, 0.05) is 18.3 Å². The summed E-state index contributed by atoms with van der Waals surface area (Å²) < 4.78 is 62.1. The lowest BCUT2D eigenvalue weighted by molar-refractivity contribution is -0.153. The molecule has 2 aromatic heterocycles. The third kappa shape index (κ3) is 6.39. The highest BCUT2D eigenvalue weighted by Gasteiger charge is 2.29. The fourth-order valence-electron chi connectivity index (χ4n) is 3.37. The summed E-state index contributed by atoms with van der Waals surface area (Å²) in [5.41, 5.74) is 1.33. The molecule has 1 amide bonds. The number of nitrogens with zero attached hydrogens (tertiary/aromatic N) is 4. The molecule has 36 heavy (non-hydrogen) atoms. The highest BCUT2D eigenvalue weighted by molar-refractivity contribution is 7.84. The summed E-state index contributed by atoms with van der Waals surface area (Å²) in [5.74, 6) is -0.851. The van der Waals surface area contributed by atoms with Crippen molar-refractivity contribution in [2.75, 3.05) is 26.3 Å². The summed E-state index contributed by atoms with van der Waals surface area (Å²) >= 11 is 0. The monoisotopic (exact) mass is 526 g/mol. The predicted molar refractivity (Wildman–Crippen MR) is 125 cm³/mol. The van der Waals surface area contributed by atoms with Gasteiger partial charge in [-0.1, -0.05) is 12.1 Å². The molecule has 1 unspecified atom stereocenters. The number of para-hydroxylation sites is 2. The second-order valence-electron chi connectivity index (χ2n) is 7.59. The fourth-order valence-corrected chi connectivity index (χ4v) is 4.62. The number of rotatable bonds is 9. The number of pyridine rings is 1. The Hall–Kier alpha value is -3.48. The molecule has 1 atom stereocenters. The normalized spacial score (nSPS) is 12.4. The molecule has 0 bridgehead atoms. The van der Waals surface area contributed by atoms with Gasteiger partial charge in [-0.15, -0.1) is 0 Å². The summed E-state index contributed by atoms with van der Waals surface area (Å²) in [5, 5.41) is -0.0775. The van der Waals surface area contributed by atoms with E-state index in [-0.39, 0.29) is 42.0 Å². The number of esters is 1. The van der Waals surface area contributed by atoms with Gasteiger partial charge in [0.15, 0.2) is 6.61 Å². The number of carbonyl (C=O) groups excluding carboxylic acids is 2. The minimum absolute atomic E-state index is 0.0366. The van der Waals surface area contributed by atoms with Gasteiger partial charge in [-0.05, 0) is 39.0 Å². The minimum atomic E-state index is -4.52. The highest BCUT2D eigenvalue weighted by Crippen LogP contribution is 2.26. The molecule has 9 nitrogen and oxygen atoms in total. The van der Waals surface area contributed by atoms with Gasteiger partial charge in [0.25, 0.3) is 0 Å². The van der Waals surface area contributed by atoms with E-state index in [0.29, 0.717) is 16.6 Å². The molecule has 2 heterocycles. The lowest BCUT2D eigenvalue weighted by Gasteiger charge is -2.21. The Labute approximate surface area is 207 Å². The SMILES string of the molecule is CCOC(=O)CN(CC)C(=O)n1c(S(=O)Cc2nccc(OCC(F)(F)F)c2C)nc2ccccc21. The van der Waals surface area contributed by atoms with E-state index in [2.05, 4.69) is 9.97 Å². The molecule has 0 saturated carbocycles. The largest absolute Gasteiger partial charge is 0.484 e. The van der Waals surface area contributed by atoms with Crippen LogP contribution in [0.1, 0.15) is 25.1 Å². The third-order valence-electron chi connectivity index (χ3n) is 5.12. The quantitative estimate of drug-likeness (QED) is 0.390. The molecule has 0 radical (unpaired) electrons. The van der Waals surface area contributed by atoms with Crippen molar-refractivity contribution in [1.29, 1.82) is 0 Å². The zero-order valence-corrected chi connectivity index (χ0v) is 20.7. The Kier molecular flexibility index (Phi) is 8.66. The molecule has 0 spiro atoms. The van der Waals surface area contributed by atoms with E-state index in [0.717, 1.165) is 0 Å². The number of amides is 1. The van der Waals surface area contributed by atoms with E-state index in [4.69, 9.17) is 9.47 Å². The maximum Gasteiger partial charge on any atom is 0.422 e. The average Bonchev–Trinajstić information content (AvgIpc) is 3.22. The van der Waals surface area contributed by atoms with Crippen LogP contribution in [0.2, 0.25) is 0 Å². The lowest BCUT2D eigenvalue weighted by Crippen LogP contribution is -2.39. The van der Waals surface area contributed by atoms with Crippen molar-refractivity contribution in [3.63, 3.8) is 0 Å². The van der Waals surface area contributed by atoms with Crippen molar-refractivity contribution < 1.29 is 36.4 Å². The summed E-state index contributed by atoms with van der Waals surface area (Å²) in [7, 11) is -1.93. The van der Waals surface area contributed by atoms with Crippen LogP contribution < -0.4 is 4.74 Å². The first-order valence-electron chi connectivity index (χ1n) is 11.0. The predicted octanol–water partition coefficient (Wildman–Crippen LogP) is 3.84. The molecule has 0 aliphatic carbocycles. The van der Waals surface area contributed by atoms with Gasteiger partial charge in [-0.3, -0.25) is 14.0 Å². The highest BCUT2D eigenvalue weighted by atomic mass is 32.2. The van der Waals surface area contributed by atoms with Gasteiger partial charge in [0.1, 0.15) is 12.3 Å². The molecular weight excluding hydrogens is 501 g/mol. The van der Waals surface area contributed by atoms with Crippen molar-refractivity contribution >= 4 is 33.8 Å². The Morgan fingerprint density at radius 1 is 1.17 bits per heavy atom. The second kappa shape index (κ2) is 11.5. The van der Waals surface area contributed by atoms with E-state index in [1.165, 1.54) is 28.7 Å². The molecular formula is C23H25F3N4O5S. The van der Waals surface area contributed by atoms with Crippen LogP contribution in [0.25, 0.3) is 11.0 Å². The summed E-state index contributed by atoms with van der Waals surface area (Å²) in [6, 6.07) is 7.36. The molecule has 0 N–H and O–H groups in total. The maximum absolute atomic E-state index is 13.4. The topological polar surface area (TPSA) is 104 Å². The van der Waals surface area contributed by atoms with E-state index in [1.54, 1.807) is 38.1 Å². The van der Waals surface area contributed by atoms with Gasteiger partial charge in [0.05, 0.1) is 39.9 Å². The number of benzene rings is 1. The number of likely N-dealkylation sites (N-methyl/N-ethyl adjacent to an activating group) is 1. The van der Waals surface area contributed by atoms with Crippen LogP contribution >= 0.6 is 0 Å². The van der Waals surface area contributed by atoms with Crippen LogP contribution in [0, 0.1) is 6.92 Å². The van der Waals surface area contributed by atoms with Crippen molar-refractivity contribution in [1.82, 2.24) is 19.4 Å². The van der Waals surface area contributed by atoms with E-state index < -0.39 is 35.6 Å². The molecule has 3 aromatic rings. The van der Waals surface area contributed by atoms with Crippen LogP contribution in [0.5, 0.6) is 5.75 Å². The van der Waals surface area contributed by atoms with Crippen molar-refractivity contribution in [3.05, 3.63) is 47.8 Å². The summed E-state index contributed by atoms with van der Waals surface area (Å²) in [6.45, 7) is 3.41. The number of hydrogen-bond donors (Lipinski definition) is 0. The molecule has 13 heteroatoms. The van der Waals surface area contributed by atoms with Crippen LogP contribution in [0.3, 0.4) is 0 Å².